The molecule has 0 radical (unpaired) electrons. The summed E-state index contributed by atoms with van der Waals surface area (Å²) < 4.78 is 2.26. The first-order valence-corrected chi connectivity index (χ1v) is 10.3. The summed E-state index contributed by atoms with van der Waals surface area (Å²) >= 11 is 0. The molecular weight excluding hydrogens is 376 g/mol. The summed E-state index contributed by atoms with van der Waals surface area (Å²) in [6.45, 7) is 6.09. The largest absolute Gasteiger partial charge is 0.356 e. The van der Waals surface area contributed by atoms with Gasteiger partial charge in [-0.2, -0.15) is 0 Å². The molecule has 0 saturated carbocycles. The molecule has 158 valence electrons. The fraction of sp³-hybridized carbons (Fsp3) is 0.348. The molecule has 7 nitrogen and oxygen atoms in total. The molecule has 0 saturated heterocycles. The molecule has 0 spiro atoms. The van der Waals surface area contributed by atoms with Gasteiger partial charge in [0.15, 0.2) is 5.96 Å². The van der Waals surface area contributed by atoms with Crippen LogP contribution < -0.4 is 16.0 Å². The van der Waals surface area contributed by atoms with E-state index in [-0.39, 0.29) is 5.91 Å². The zero-order chi connectivity index (χ0) is 21.3. The van der Waals surface area contributed by atoms with Crippen molar-refractivity contribution < 1.29 is 4.79 Å². The summed E-state index contributed by atoms with van der Waals surface area (Å²) in [5.41, 5.74) is 4.25. The van der Waals surface area contributed by atoms with Crippen molar-refractivity contribution in [3.05, 3.63) is 59.9 Å². The number of guanidine groups is 1. The molecule has 0 fully saturated rings. The molecule has 0 aliphatic rings. The third kappa shape index (κ3) is 5.83. The van der Waals surface area contributed by atoms with E-state index in [1.807, 2.05) is 30.3 Å². The normalized spacial score (nSPS) is 11.5. The Morgan fingerprint density at radius 3 is 2.53 bits per heavy atom. The molecule has 1 aromatic heterocycles. The molecule has 0 aliphatic heterocycles. The minimum atomic E-state index is -0.0596. The van der Waals surface area contributed by atoms with E-state index in [0.717, 1.165) is 55.5 Å². The van der Waals surface area contributed by atoms with Gasteiger partial charge in [-0.25, -0.2) is 4.98 Å². The van der Waals surface area contributed by atoms with Gasteiger partial charge in [0.25, 0.3) is 0 Å². The Balaban J connectivity index is 1.39. The maximum Gasteiger partial charge on any atom is 0.221 e. The fourth-order valence-electron chi connectivity index (χ4n) is 3.43. The molecule has 1 amide bonds. The maximum atomic E-state index is 11.1. The van der Waals surface area contributed by atoms with Crippen molar-refractivity contribution in [1.29, 1.82) is 0 Å². The van der Waals surface area contributed by atoms with E-state index in [1.54, 1.807) is 7.05 Å². The molecule has 7 heteroatoms. The topological polar surface area (TPSA) is 83.3 Å². The minimum absolute atomic E-state index is 0.0596. The average molecular weight is 407 g/mol. The van der Waals surface area contributed by atoms with Crippen molar-refractivity contribution in [3.8, 4) is 0 Å². The van der Waals surface area contributed by atoms with Crippen LogP contribution in [-0.2, 0) is 17.8 Å². The molecule has 3 rings (SSSR count). The molecule has 3 aromatic rings. The molecule has 30 heavy (non-hydrogen) atoms. The van der Waals surface area contributed by atoms with Crippen LogP contribution in [0.1, 0.15) is 24.7 Å². The van der Waals surface area contributed by atoms with E-state index in [2.05, 4.69) is 55.6 Å². The number of para-hydroxylation sites is 2. The Kier molecular flexibility index (Phi) is 7.43. The van der Waals surface area contributed by atoms with Crippen molar-refractivity contribution in [2.75, 3.05) is 25.5 Å². The van der Waals surface area contributed by atoms with Crippen molar-refractivity contribution in [3.63, 3.8) is 0 Å². The average Bonchev–Trinajstić information content (AvgIpc) is 3.05. The van der Waals surface area contributed by atoms with Gasteiger partial charge in [-0.05, 0) is 49.6 Å². The van der Waals surface area contributed by atoms with Gasteiger partial charge >= 0.3 is 0 Å². The van der Waals surface area contributed by atoms with Gasteiger partial charge in [-0.15, -0.1) is 0 Å². The van der Waals surface area contributed by atoms with Crippen LogP contribution in [0.15, 0.2) is 53.5 Å². The van der Waals surface area contributed by atoms with Crippen molar-refractivity contribution >= 4 is 28.6 Å². The number of amides is 1. The van der Waals surface area contributed by atoms with Gasteiger partial charge in [-0.1, -0.05) is 24.3 Å². The quantitative estimate of drug-likeness (QED) is 0.305. The number of fused-ring (bicyclic) bond motifs is 1. The number of rotatable bonds is 8. The molecule has 0 aliphatic carbocycles. The van der Waals surface area contributed by atoms with Crippen molar-refractivity contribution in [2.45, 2.75) is 33.2 Å². The van der Waals surface area contributed by atoms with Crippen LogP contribution in [0.3, 0.4) is 0 Å². The van der Waals surface area contributed by atoms with Crippen LogP contribution in [0.2, 0.25) is 0 Å². The third-order valence-corrected chi connectivity index (χ3v) is 4.90. The summed E-state index contributed by atoms with van der Waals surface area (Å²) in [5, 5.41) is 9.50. The number of aliphatic imine (C=N–C) groups is 1. The summed E-state index contributed by atoms with van der Waals surface area (Å²) in [7, 11) is 1.78. The Labute approximate surface area is 177 Å². The highest BCUT2D eigenvalue weighted by Crippen LogP contribution is 2.15. The number of aryl methyl sites for hydroxylation is 2. The number of benzene rings is 2. The number of hydrogen-bond donors (Lipinski definition) is 3. The highest BCUT2D eigenvalue weighted by Gasteiger charge is 2.06. The number of carbonyl (C=O) groups is 1. The van der Waals surface area contributed by atoms with Gasteiger partial charge in [-0.3, -0.25) is 9.79 Å². The van der Waals surface area contributed by atoms with Gasteiger partial charge in [0.05, 0.1) is 11.0 Å². The highest BCUT2D eigenvalue weighted by atomic mass is 16.1. The summed E-state index contributed by atoms with van der Waals surface area (Å²) in [6, 6.07) is 16.1. The van der Waals surface area contributed by atoms with Crippen LogP contribution in [0.25, 0.3) is 11.0 Å². The number of nitrogens with zero attached hydrogens (tertiary/aromatic N) is 3. The fourth-order valence-corrected chi connectivity index (χ4v) is 3.43. The first-order valence-electron chi connectivity index (χ1n) is 10.3. The number of hydrogen-bond acceptors (Lipinski definition) is 3. The second kappa shape index (κ2) is 10.4. The Morgan fingerprint density at radius 1 is 1.07 bits per heavy atom. The van der Waals surface area contributed by atoms with Crippen LogP contribution in [-0.4, -0.2) is 41.6 Å². The number of nitrogens with one attached hydrogen (secondary N) is 3. The molecule has 0 atom stereocenters. The summed E-state index contributed by atoms with van der Waals surface area (Å²) in [4.78, 5) is 20.0. The van der Waals surface area contributed by atoms with Crippen molar-refractivity contribution in [2.24, 2.45) is 4.99 Å². The number of anilines is 1. The van der Waals surface area contributed by atoms with E-state index < -0.39 is 0 Å². The molecule has 0 bridgehead atoms. The predicted octanol–water partition coefficient (Wildman–Crippen LogP) is 3.10. The van der Waals surface area contributed by atoms with Crippen LogP contribution in [0.4, 0.5) is 5.69 Å². The van der Waals surface area contributed by atoms with Crippen LogP contribution in [0, 0.1) is 6.92 Å². The van der Waals surface area contributed by atoms with Gasteiger partial charge in [0.2, 0.25) is 5.91 Å². The monoisotopic (exact) mass is 406 g/mol. The maximum absolute atomic E-state index is 11.1. The standard InChI is InChI=1S/C23H30N6O/c1-17-27-21-7-4-5-8-22(21)29(17)16-6-14-25-23(24-3)26-15-13-19-9-11-20(12-10-19)28-18(2)30/h4-5,7-12H,6,13-16H2,1-3H3,(H,28,30)(H2,24,25,26). The lowest BCUT2D eigenvalue weighted by atomic mass is 10.1. The lowest BCUT2D eigenvalue weighted by Crippen LogP contribution is -2.39. The molecule has 3 N–H and O–H groups in total. The third-order valence-electron chi connectivity index (χ3n) is 4.90. The van der Waals surface area contributed by atoms with E-state index in [1.165, 1.54) is 18.0 Å². The SMILES string of the molecule is CN=C(NCCCn1c(C)nc2ccccc21)NCCc1ccc(NC(C)=O)cc1. The van der Waals surface area contributed by atoms with Gasteiger partial charge < -0.3 is 20.5 Å². The van der Waals surface area contributed by atoms with E-state index in [9.17, 15) is 4.79 Å². The Bertz CT molecular complexity index is 1010. The minimum Gasteiger partial charge on any atom is -0.356 e. The highest BCUT2D eigenvalue weighted by molar-refractivity contribution is 5.88. The zero-order valence-electron chi connectivity index (χ0n) is 17.9. The first kappa shape index (κ1) is 21.4. The molecular formula is C23H30N6O. The number of imidazole rings is 1. The molecule has 0 unspecified atom stereocenters. The van der Waals surface area contributed by atoms with Crippen LogP contribution >= 0.6 is 0 Å². The Hall–Kier alpha value is -3.35. The van der Waals surface area contributed by atoms with Crippen molar-refractivity contribution in [1.82, 2.24) is 20.2 Å². The lowest BCUT2D eigenvalue weighted by Gasteiger charge is -2.13. The molecule has 2 aromatic carbocycles. The van der Waals surface area contributed by atoms with Crippen LogP contribution in [0.5, 0.6) is 0 Å². The lowest BCUT2D eigenvalue weighted by molar-refractivity contribution is -0.114. The smallest absolute Gasteiger partial charge is 0.221 e. The predicted molar refractivity (Wildman–Crippen MR) is 123 cm³/mol. The summed E-state index contributed by atoms with van der Waals surface area (Å²) in [6.07, 6.45) is 1.85. The first-order chi connectivity index (χ1) is 14.6. The number of carbonyl (C=O) groups excluding carboxylic acids is 1. The van der Waals surface area contributed by atoms with E-state index >= 15 is 0 Å². The van der Waals surface area contributed by atoms with Gasteiger partial charge in [0, 0.05) is 39.3 Å². The van der Waals surface area contributed by atoms with Gasteiger partial charge in [0.1, 0.15) is 5.82 Å². The molecule has 1 heterocycles. The Morgan fingerprint density at radius 2 is 1.80 bits per heavy atom. The number of aromatic nitrogens is 2. The zero-order valence-corrected chi connectivity index (χ0v) is 17.9. The second-order valence-corrected chi connectivity index (χ2v) is 7.21. The van der Waals surface area contributed by atoms with E-state index in [4.69, 9.17) is 0 Å². The van der Waals surface area contributed by atoms with E-state index in [0.29, 0.717) is 0 Å². The second-order valence-electron chi connectivity index (χ2n) is 7.21. The summed E-state index contributed by atoms with van der Waals surface area (Å²) in [5.74, 6) is 1.79.